The van der Waals surface area contributed by atoms with Gasteiger partial charge in [0.15, 0.2) is 4.80 Å². The first kappa shape index (κ1) is 18.3. The second-order valence-electron chi connectivity index (χ2n) is 6.04. The van der Waals surface area contributed by atoms with Crippen LogP contribution >= 0.6 is 11.3 Å². The maximum absolute atomic E-state index is 13.3. The molecule has 26 heavy (non-hydrogen) atoms. The Hall–Kier alpha value is -2.53. The van der Waals surface area contributed by atoms with Crippen LogP contribution in [0.5, 0.6) is 0 Å². The van der Waals surface area contributed by atoms with Crippen molar-refractivity contribution in [3.63, 3.8) is 0 Å². The van der Waals surface area contributed by atoms with Gasteiger partial charge >= 0.3 is 0 Å². The van der Waals surface area contributed by atoms with Crippen LogP contribution in [0.15, 0.2) is 53.5 Å². The van der Waals surface area contributed by atoms with E-state index in [1.165, 1.54) is 23.5 Å². The van der Waals surface area contributed by atoms with E-state index in [9.17, 15) is 9.18 Å². The van der Waals surface area contributed by atoms with Crippen molar-refractivity contribution < 1.29 is 9.18 Å². The standard InChI is InChI=1S/C21H21FN2OS/c1-4-18-19(15-10-12-17(22)13-11-15)24(5-2)21(26-18)23-20(25)16-8-6-14(3)7-9-16/h6-13H,4-5H2,1-3H3. The second-order valence-corrected chi connectivity index (χ2v) is 7.11. The van der Waals surface area contributed by atoms with E-state index in [0.29, 0.717) is 16.9 Å². The summed E-state index contributed by atoms with van der Waals surface area (Å²) < 4.78 is 15.3. The zero-order valence-corrected chi connectivity index (χ0v) is 15.9. The van der Waals surface area contributed by atoms with E-state index >= 15 is 0 Å². The minimum absolute atomic E-state index is 0.248. The van der Waals surface area contributed by atoms with Crippen LogP contribution in [0.2, 0.25) is 0 Å². The van der Waals surface area contributed by atoms with E-state index in [1.54, 1.807) is 24.3 Å². The van der Waals surface area contributed by atoms with Crippen LogP contribution in [0.25, 0.3) is 11.3 Å². The molecule has 134 valence electrons. The number of rotatable bonds is 4. The van der Waals surface area contributed by atoms with Gasteiger partial charge in [-0.25, -0.2) is 4.39 Å². The molecule has 1 aromatic heterocycles. The zero-order valence-electron chi connectivity index (χ0n) is 15.1. The van der Waals surface area contributed by atoms with Gasteiger partial charge in [0.2, 0.25) is 0 Å². The monoisotopic (exact) mass is 368 g/mol. The summed E-state index contributed by atoms with van der Waals surface area (Å²) in [4.78, 5) is 18.7. The zero-order chi connectivity index (χ0) is 18.7. The highest BCUT2D eigenvalue weighted by Gasteiger charge is 2.15. The summed E-state index contributed by atoms with van der Waals surface area (Å²) in [6.07, 6.45) is 0.825. The molecule has 3 rings (SSSR count). The highest BCUT2D eigenvalue weighted by atomic mass is 32.1. The molecule has 1 heterocycles. The van der Waals surface area contributed by atoms with Crippen LogP contribution in [0.3, 0.4) is 0 Å². The predicted octanol–water partition coefficient (Wildman–Crippen LogP) is 4.99. The number of hydrogen-bond acceptors (Lipinski definition) is 2. The maximum Gasteiger partial charge on any atom is 0.279 e. The number of thiazole rings is 1. The third kappa shape index (κ3) is 3.68. The van der Waals surface area contributed by atoms with E-state index in [2.05, 4.69) is 11.9 Å². The molecule has 0 aliphatic rings. The number of carbonyl (C=O) groups is 1. The summed E-state index contributed by atoms with van der Waals surface area (Å²) in [6, 6.07) is 13.9. The summed E-state index contributed by atoms with van der Waals surface area (Å²) in [6.45, 7) is 6.76. The maximum atomic E-state index is 13.3. The van der Waals surface area contributed by atoms with Crippen molar-refractivity contribution >= 4 is 17.2 Å². The van der Waals surface area contributed by atoms with Crippen molar-refractivity contribution in [2.24, 2.45) is 4.99 Å². The molecular weight excluding hydrogens is 347 g/mol. The lowest BCUT2D eigenvalue weighted by Gasteiger charge is -2.08. The van der Waals surface area contributed by atoms with E-state index in [0.717, 1.165) is 28.1 Å². The lowest BCUT2D eigenvalue weighted by Crippen LogP contribution is -2.17. The van der Waals surface area contributed by atoms with E-state index in [1.807, 2.05) is 30.5 Å². The van der Waals surface area contributed by atoms with Crippen molar-refractivity contribution in [3.05, 3.63) is 75.2 Å². The van der Waals surface area contributed by atoms with Crippen LogP contribution in [-0.2, 0) is 13.0 Å². The van der Waals surface area contributed by atoms with Crippen molar-refractivity contribution in [3.8, 4) is 11.3 Å². The van der Waals surface area contributed by atoms with Crippen LogP contribution in [0.1, 0.15) is 34.6 Å². The molecule has 0 spiro atoms. The van der Waals surface area contributed by atoms with Gasteiger partial charge in [0.25, 0.3) is 5.91 Å². The number of nitrogens with zero attached hydrogens (tertiary/aromatic N) is 2. The molecule has 0 aliphatic carbocycles. The van der Waals surface area contributed by atoms with Gasteiger partial charge in [-0.05, 0) is 62.2 Å². The summed E-state index contributed by atoms with van der Waals surface area (Å²) in [7, 11) is 0. The average Bonchev–Trinajstić information content (AvgIpc) is 3.00. The van der Waals surface area contributed by atoms with E-state index in [-0.39, 0.29) is 11.7 Å². The minimum Gasteiger partial charge on any atom is -0.316 e. The molecule has 3 aromatic rings. The number of hydrogen-bond donors (Lipinski definition) is 0. The molecule has 0 aliphatic heterocycles. The fraction of sp³-hybridized carbons (Fsp3) is 0.238. The van der Waals surface area contributed by atoms with Gasteiger partial charge in [0.1, 0.15) is 5.82 Å². The van der Waals surface area contributed by atoms with Gasteiger partial charge in [0, 0.05) is 17.0 Å². The number of aromatic nitrogens is 1. The smallest absolute Gasteiger partial charge is 0.279 e. The number of amides is 1. The Bertz CT molecular complexity index is 982. The van der Waals surface area contributed by atoms with Gasteiger partial charge in [-0.15, -0.1) is 11.3 Å². The van der Waals surface area contributed by atoms with E-state index in [4.69, 9.17) is 0 Å². The third-order valence-electron chi connectivity index (χ3n) is 4.23. The van der Waals surface area contributed by atoms with Crippen molar-refractivity contribution in [2.75, 3.05) is 0 Å². The molecule has 1 amide bonds. The van der Waals surface area contributed by atoms with Crippen molar-refractivity contribution in [1.82, 2.24) is 4.57 Å². The Morgan fingerprint density at radius 1 is 1.08 bits per heavy atom. The largest absolute Gasteiger partial charge is 0.316 e. The van der Waals surface area contributed by atoms with Crippen LogP contribution < -0.4 is 4.80 Å². The SMILES string of the molecule is CCc1sc(=NC(=O)c2ccc(C)cc2)n(CC)c1-c1ccc(F)cc1. The number of carbonyl (C=O) groups excluding carboxylic acids is 1. The molecule has 0 saturated carbocycles. The first-order valence-electron chi connectivity index (χ1n) is 8.67. The summed E-state index contributed by atoms with van der Waals surface area (Å²) in [5.74, 6) is -0.508. The topological polar surface area (TPSA) is 34.4 Å². The minimum atomic E-state index is -0.260. The van der Waals surface area contributed by atoms with Crippen LogP contribution in [0.4, 0.5) is 4.39 Å². The molecule has 5 heteroatoms. The fourth-order valence-electron chi connectivity index (χ4n) is 2.85. The molecule has 3 nitrogen and oxygen atoms in total. The molecule has 0 radical (unpaired) electrons. The predicted molar refractivity (Wildman–Crippen MR) is 104 cm³/mol. The van der Waals surface area contributed by atoms with Crippen LogP contribution in [0, 0.1) is 12.7 Å². The van der Waals surface area contributed by atoms with Gasteiger partial charge in [-0.2, -0.15) is 4.99 Å². The molecule has 2 aromatic carbocycles. The lowest BCUT2D eigenvalue weighted by molar-refractivity contribution is 0.0998. The Morgan fingerprint density at radius 2 is 1.73 bits per heavy atom. The molecule has 0 saturated heterocycles. The summed E-state index contributed by atoms with van der Waals surface area (Å²) >= 11 is 1.52. The average molecular weight is 368 g/mol. The molecule has 0 bridgehead atoms. The van der Waals surface area contributed by atoms with Gasteiger partial charge in [0.05, 0.1) is 5.69 Å². The van der Waals surface area contributed by atoms with Crippen molar-refractivity contribution in [1.29, 1.82) is 0 Å². The van der Waals surface area contributed by atoms with Crippen molar-refractivity contribution in [2.45, 2.75) is 33.7 Å². The Kier molecular flexibility index (Phi) is 5.47. The molecule has 0 N–H and O–H groups in total. The number of benzene rings is 2. The summed E-state index contributed by atoms with van der Waals surface area (Å²) in [5, 5.41) is 0. The highest BCUT2D eigenvalue weighted by molar-refractivity contribution is 7.09. The Morgan fingerprint density at radius 3 is 2.31 bits per heavy atom. The Labute approximate surface area is 156 Å². The molecule has 0 atom stereocenters. The first-order valence-corrected chi connectivity index (χ1v) is 9.49. The fourth-order valence-corrected chi connectivity index (χ4v) is 4.00. The number of aryl methyl sites for hydroxylation is 2. The Balaban J connectivity index is 2.12. The van der Waals surface area contributed by atoms with Crippen LogP contribution in [-0.4, -0.2) is 10.5 Å². The summed E-state index contributed by atoms with van der Waals surface area (Å²) in [5.41, 5.74) is 3.63. The van der Waals surface area contributed by atoms with Gasteiger partial charge < -0.3 is 4.57 Å². The van der Waals surface area contributed by atoms with E-state index < -0.39 is 0 Å². The molecule has 0 unspecified atom stereocenters. The highest BCUT2D eigenvalue weighted by Crippen LogP contribution is 2.26. The molecule has 0 fully saturated rings. The second kappa shape index (κ2) is 7.79. The number of halogens is 1. The molecular formula is C21H21FN2OS. The van der Waals surface area contributed by atoms with Gasteiger partial charge in [-0.3, -0.25) is 4.79 Å². The van der Waals surface area contributed by atoms with Gasteiger partial charge in [-0.1, -0.05) is 24.6 Å². The first-order chi connectivity index (χ1) is 12.5. The lowest BCUT2D eigenvalue weighted by atomic mass is 10.1. The third-order valence-corrected chi connectivity index (χ3v) is 5.45. The normalized spacial score (nSPS) is 11.8. The quantitative estimate of drug-likeness (QED) is 0.639.